The molecule has 0 spiro atoms. The summed E-state index contributed by atoms with van der Waals surface area (Å²) < 4.78 is 4.90. The summed E-state index contributed by atoms with van der Waals surface area (Å²) in [5, 5.41) is 2.90. The van der Waals surface area contributed by atoms with E-state index in [1.165, 1.54) is 11.1 Å². The quantitative estimate of drug-likeness (QED) is 0.905. The number of nitrogens with zero attached hydrogens (tertiary/aromatic N) is 1. The minimum Gasteiger partial charge on any atom is -0.450 e. The van der Waals surface area contributed by atoms with Gasteiger partial charge in [-0.3, -0.25) is 4.90 Å². The van der Waals surface area contributed by atoms with Crippen LogP contribution < -0.4 is 5.32 Å². The van der Waals surface area contributed by atoms with E-state index in [4.69, 9.17) is 4.74 Å². The fraction of sp³-hybridized carbons (Fsp3) is 0.533. The molecular formula is C15H22N2O2. The molecule has 1 atom stereocenters. The molecule has 0 bridgehead atoms. The van der Waals surface area contributed by atoms with Crippen molar-refractivity contribution in [1.82, 2.24) is 10.2 Å². The second-order valence-corrected chi connectivity index (χ2v) is 5.07. The monoisotopic (exact) mass is 262 g/mol. The predicted octanol–water partition coefficient (Wildman–Crippen LogP) is 2.32. The van der Waals surface area contributed by atoms with Crippen LogP contribution in [0.4, 0.5) is 4.79 Å². The third-order valence-corrected chi connectivity index (χ3v) is 3.40. The zero-order valence-electron chi connectivity index (χ0n) is 11.7. The first-order valence-corrected chi connectivity index (χ1v) is 6.88. The maximum atomic E-state index is 11.3. The average molecular weight is 262 g/mol. The molecule has 1 unspecified atom stereocenters. The van der Waals surface area contributed by atoms with Crippen molar-refractivity contribution in [3.05, 3.63) is 35.4 Å². The molecule has 1 aliphatic heterocycles. The van der Waals surface area contributed by atoms with Crippen molar-refractivity contribution in [2.45, 2.75) is 32.9 Å². The summed E-state index contributed by atoms with van der Waals surface area (Å²) in [5.41, 5.74) is 2.61. The van der Waals surface area contributed by atoms with Gasteiger partial charge < -0.3 is 10.1 Å². The number of amides is 1. The van der Waals surface area contributed by atoms with Crippen LogP contribution in [-0.4, -0.2) is 36.7 Å². The molecule has 1 fully saturated rings. The van der Waals surface area contributed by atoms with E-state index in [-0.39, 0.29) is 12.1 Å². The van der Waals surface area contributed by atoms with Crippen molar-refractivity contribution in [3.63, 3.8) is 0 Å². The lowest BCUT2D eigenvalue weighted by molar-refractivity contribution is 0.148. The van der Waals surface area contributed by atoms with E-state index < -0.39 is 0 Å². The number of hydrogen-bond donors (Lipinski definition) is 1. The largest absolute Gasteiger partial charge is 0.450 e. The van der Waals surface area contributed by atoms with Gasteiger partial charge in [0.25, 0.3) is 0 Å². The van der Waals surface area contributed by atoms with Gasteiger partial charge in [0.05, 0.1) is 6.61 Å². The minimum atomic E-state index is -0.301. The van der Waals surface area contributed by atoms with E-state index in [0.29, 0.717) is 6.61 Å². The van der Waals surface area contributed by atoms with Crippen LogP contribution in [0.3, 0.4) is 0 Å². The Morgan fingerprint density at radius 2 is 2.16 bits per heavy atom. The average Bonchev–Trinajstić information content (AvgIpc) is 2.80. The maximum absolute atomic E-state index is 11.3. The molecule has 1 amide bonds. The number of hydrogen-bond acceptors (Lipinski definition) is 3. The van der Waals surface area contributed by atoms with E-state index in [1.807, 2.05) is 6.92 Å². The molecule has 1 heterocycles. The summed E-state index contributed by atoms with van der Waals surface area (Å²) in [5.74, 6) is 0. The minimum absolute atomic E-state index is 0.212. The molecule has 4 heteroatoms. The highest BCUT2D eigenvalue weighted by molar-refractivity contribution is 5.67. The molecule has 4 nitrogen and oxygen atoms in total. The summed E-state index contributed by atoms with van der Waals surface area (Å²) in [4.78, 5) is 13.7. The molecule has 1 aliphatic rings. The highest BCUT2D eigenvalue weighted by Gasteiger charge is 2.24. The van der Waals surface area contributed by atoms with Gasteiger partial charge in [0.1, 0.15) is 0 Å². The van der Waals surface area contributed by atoms with Crippen LogP contribution in [0.2, 0.25) is 0 Å². The van der Waals surface area contributed by atoms with Crippen molar-refractivity contribution >= 4 is 6.09 Å². The standard InChI is InChI=1S/C15H22N2O2/c1-3-19-15(18)16-14-8-9-17(11-14)10-13-6-4-12(2)5-7-13/h4-7,14H,3,8-11H2,1-2H3,(H,16,18). The van der Waals surface area contributed by atoms with Crippen molar-refractivity contribution < 1.29 is 9.53 Å². The molecule has 104 valence electrons. The SMILES string of the molecule is CCOC(=O)NC1CCN(Cc2ccc(C)cc2)C1. The van der Waals surface area contributed by atoms with Crippen LogP contribution in [0.25, 0.3) is 0 Å². The van der Waals surface area contributed by atoms with Crippen molar-refractivity contribution in [2.75, 3.05) is 19.7 Å². The number of nitrogens with one attached hydrogen (secondary N) is 1. The molecule has 1 N–H and O–H groups in total. The fourth-order valence-electron chi connectivity index (χ4n) is 2.39. The van der Waals surface area contributed by atoms with E-state index in [1.54, 1.807) is 0 Å². The number of carbonyl (C=O) groups is 1. The summed E-state index contributed by atoms with van der Waals surface area (Å²) in [7, 11) is 0. The molecule has 2 rings (SSSR count). The Morgan fingerprint density at radius 1 is 1.42 bits per heavy atom. The predicted molar refractivity (Wildman–Crippen MR) is 75.0 cm³/mol. The van der Waals surface area contributed by atoms with Gasteiger partial charge in [-0.15, -0.1) is 0 Å². The number of carbonyl (C=O) groups excluding carboxylic acids is 1. The normalized spacial score (nSPS) is 19.4. The molecule has 0 aromatic heterocycles. The summed E-state index contributed by atoms with van der Waals surface area (Å²) >= 11 is 0. The highest BCUT2D eigenvalue weighted by Crippen LogP contribution is 2.14. The number of benzene rings is 1. The van der Waals surface area contributed by atoms with Crippen molar-refractivity contribution in [1.29, 1.82) is 0 Å². The molecule has 19 heavy (non-hydrogen) atoms. The Morgan fingerprint density at radius 3 is 2.84 bits per heavy atom. The van der Waals surface area contributed by atoms with Crippen LogP contribution >= 0.6 is 0 Å². The van der Waals surface area contributed by atoms with Gasteiger partial charge in [-0.1, -0.05) is 29.8 Å². The van der Waals surface area contributed by atoms with E-state index in [0.717, 1.165) is 26.1 Å². The zero-order chi connectivity index (χ0) is 13.7. The molecule has 1 aromatic carbocycles. The molecule has 0 saturated carbocycles. The smallest absolute Gasteiger partial charge is 0.407 e. The Kier molecular flexibility index (Phi) is 4.80. The van der Waals surface area contributed by atoms with Crippen LogP contribution in [0.5, 0.6) is 0 Å². The first-order valence-electron chi connectivity index (χ1n) is 6.88. The second-order valence-electron chi connectivity index (χ2n) is 5.07. The zero-order valence-corrected chi connectivity index (χ0v) is 11.7. The number of ether oxygens (including phenoxy) is 1. The van der Waals surface area contributed by atoms with Gasteiger partial charge in [-0.05, 0) is 25.8 Å². The van der Waals surface area contributed by atoms with E-state index in [9.17, 15) is 4.79 Å². The molecule has 0 radical (unpaired) electrons. The Labute approximate surface area is 114 Å². The summed E-state index contributed by atoms with van der Waals surface area (Å²) in [6, 6.07) is 8.83. The van der Waals surface area contributed by atoms with Crippen molar-refractivity contribution in [3.8, 4) is 0 Å². The Bertz CT molecular complexity index is 417. The molecule has 1 saturated heterocycles. The first-order chi connectivity index (χ1) is 9.17. The molecular weight excluding hydrogens is 240 g/mol. The van der Waals surface area contributed by atoms with E-state index in [2.05, 4.69) is 41.4 Å². The Hall–Kier alpha value is -1.55. The molecule has 1 aromatic rings. The molecule has 0 aliphatic carbocycles. The second kappa shape index (κ2) is 6.57. The van der Waals surface area contributed by atoms with Crippen molar-refractivity contribution in [2.24, 2.45) is 0 Å². The van der Waals surface area contributed by atoms with Gasteiger partial charge in [0, 0.05) is 25.7 Å². The number of likely N-dealkylation sites (tertiary alicyclic amines) is 1. The number of rotatable bonds is 4. The summed E-state index contributed by atoms with van der Waals surface area (Å²) in [6.45, 7) is 7.20. The van der Waals surface area contributed by atoms with Crippen LogP contribution in [0.1, 0.15) is 24.5 Å². The van der Waals surface area contributed by atoms with E-state index >= 15 is 0 Å². The van der Waals surface area contributed by atoms with Gasteiger partial charge in [0.15, 0.2) is 0 Å². The first kappa shape index (κ1) is 13.9. The van der Waals surface area contributed by atoms with Gasteiger partial charge in [-0.2, -0.15) is 0 Å². The lowest BCUT2D eigenvalue weighted by Gasteiger charge is -2.16. The third kappa shape index (κ3) is 4.24. The van der Waals surface area contributed by atoms with Gasteiger partial charge in [-0.25, -0.2) is 4.79 Å². The lowest BCUT2D eigenvalue weighted by Crippen LogP contribution is -2.37. The van der Waals surface area contributed by atoms with Gasteiger partial charge >= 0.3 is 6.09 Å². The lowest BCUT2D eigenvalue weighted by atomic mass is 10.1. The van der Waals surface area contributed by atoms with Crippen LogP contribution in [0.15, 0.2) is 24.3 Å². The Balaban J connectivity index is 1.78. The van der Waals surface area contributed by atoms with Gasteiger partial charge in [0.2, 0.25) is 0 Å². The highest BCUT2D eigenvalue weighted by atomic mass is 16.5. The third-order valence-electron chi connectivity index (χ3n) is 3.40. The summed E-state index contributed by atoms with van der Waals surface area (Å²) in [6.07, 6.45) is 0.690. The number of aryl methyl sites for hydroxylation is 1. The topological polar surface area (TPSA) is 41.6 Å². The maximum Gasteiger partial charge on any atom is 0.407 e. The fourth-order valence-corrected chi connectivity index (χ4v) is 2.39. The number of alkyl carbamates (subject to hydrolysis) is 1. The van der Waals surface area contributed by atoms with Crippen LogP contribution in [-0.2, 0) is 11.3 Å². The van der Waals surface area contributed by atoms with Crippen LogP contribution in [0, 0.1) is 6.92 Å².